The van der Waals surface area contributed by atoms with Crippen LogP contribution in [0.15, 0.2) is 24.3 Å². The van der Waals surface area contributed by atoms with Gasteiger partial charge < -0.3 is 15.3 Å². The Morgan fingerprint density at radius 3 is 2.58 bits per heavy atom. The summed E-state index contributed by atoms with van der Waals surface area (Å²) in [6, 6.07) is 4.54. The first-order chi connectivity index (χ1) is 11.4. The van der Waals surface area contributed by atoms with E-state index in [-0.39, 0.29) is 5.91 Å². The van der Waals surface area contributed by atoms with Crippen LogP contribution in [0.1, 0.15) is 19.8 Å². The zero-order valence-electron chi connectivity index (χ0n) is 13.1. The van der Waals surface area contributed by atoms with Crippen LogP contribution in [-0.2, 0) is 9.59 Å². The van der Waals surface area contributed by atoms with Crippen molar-refractivity contribution >= 4 is 35.2 Å². The normalized spacial score (nSPS) is 17.9. The zero-order chi connectivity index (χ0) is 17.7. The first-order valence-electron chi connectivity index (χ1n) is 7.50. The zero-order valence-corrected chi connectivity index (χ0v) is 13.8. The van der Waals surface area contributed by atoms with Gasteiger partial charge in [-0.1, -0.05) is 11.6 Å². The van der Waals surface area contributed by atoms with Crippen molar-refractivity contribution in [2.24, 2.45) is 0 Å². The molecule has 2 unspecified atom stereocenters. The van der Waals surface area contributed by atoms with E-state index >= 15 is 0 Å². The molecule has 0 aliphatic carbocycles. The van der Waals surface area contributed by atoms with Crippen LogP contribution >= 0.6 is 11.6 Å². The van der Waals surface area contributed by atoms with E-state index in [0.717, 1.165) is 0 Å². The van der Waals surface area contributed by atoms with Crippen molar-refractivity contribution in [1.82, 2.24) is 15.6 Å². The number of urea groups is 1. The Morgan fingerprint density at radius 2 is 1.96 bits per heavy atom. The molecule has 1 aromatic carbocycles. The van der Waals surface area contributed by atoms with Gasteiger partial charge in [-0.05, 0) is 44.0 Å². The topological polar surface area (TPSA) is 111 Å². The lowest BCUT2D eigenvalue weighted by Gasteiger charge is -2.25. The minimum Gasteiger partial charge on any atom is -0.480 e. The van der Waals surface area contributed by atoms with Gasteiger partial charge in [-0.15, -0.1) is 0 Å². The summed E-state index contributed by atoms with van der Waals surface area (Å²) < 4.78 is 0. The van der Waals surface area contributed by atoms with Crippen LogP contribution in [0.4, 0.5) is 10.5 Å². The monoisotopic (exact) mass is 354 g/mol. The molecule has 2 rings (SSSR count). The summed E-state index contributed by atoms with van der Waals surface area (Å²) in [4.78, 5) is 36.6. The standard InChI is InChI=1S/C15H19ClN4O4/c1-9(14(22)23)17-15(24)20-8-2-3-12(20)13(21)19-18-11-6-4-10(16)5-7-11/h4-7,9,12,18H,2-3,8H2,1H3,(H,17,24)(H,19,21)(H,22,23). The highest BCUT2D eigenvalue weighted by molar-refractivity contribution is 6.30. The second-order valence-electron chi connectivity index (χ2n) is 5.48. The van der Waals surface area contributed by atoms with Gasteiger partial charge in [0.1, 0.15) is 12.1 Å². The Hall–Kier alpha value is -2.48. The number of amides is 3. The molecule has 1 fully saturated rings. The van der Waals surface area contributed by atoms with Gasteiger partial charge in [-0.3, -0.25) is 20.4 Å². The van der Waals surface area contributed by atoms with E-state index in [1.165, 1.54) is 11.8 Å². The average Bonchev–Trinajstić information content (AvgIpc) is 3.03. The smallest absolute Gasteiger partial charge is 0.325 e. The van der Waals surface area contributed by atoms with Crippen LogP contribution in [0.3, 0.4) is 0 Å². The van der Waals surface area contributed by atoms with Crippen molar-refractivity contribution in [2.75, 3.05) is 12.0 Å². The number of anilines is 1. The molecule has 1 heterocycles. The second-order valence-corrected chi connectivity index (χ2v) is 5.92. The van der Waals surface area contributed by atoms with E-state index in [2.05, 4.69) is 16.2 Å². The Bertz CT molecular complexity index is 622. The van der Waals surface area contributed by atoms with Crippen LogP contribution < -0.4 is 16.2 Å². The van der Waals surface area contributed by atoms with E-state index < -0.39 is 24.1 Å². The number of nitrogens with zero attached hydrogens (tertiary/aromatic N) is 1. The second kappa shape index (κ2) is 7.87. The van der Waals surface area contributed by atoms with Crippen LogP contribution in [0, 0.1) is 0 Å². The van der Waals surface area contributed by atoms with Gasteiger partial charge in [0.25, 0.3) is 5.91 Å². The Morgan fingerprint density at radius 1 is 1.29 bits per heavy atom. The number of carboxylic acids is 1. The fourth-order valence-electron chi connectivity index (χ4n) is 2.36. The molecular weight excluding hydrogens is 336 g/mol. The van der Waals surface area contributed by atoms with Gasteiger partial charge in [0.05, 0.1) is 5.69 Å². The maximum atomic E-state index is 12.3. The summed E-state index contributed by atoms with van der Waals surface area (Å²) in [5.41, 5.74) is 5.96. The summed E-state index contributed by atoms with van der Waals surface area (Å²) in [7, 11) is 0. The average molecular weight is 355 g/mol. The van der Waals surface area contributed by atoms with Crippen LogP contribution in [0.25, 0.3) is 0 Å². The molecule has 130 valence electrons. The van der Waals surface area contributed by atoms with Gasteiger partial charge in [0, 0.05) is 11.6 Å². The van der Waals surface area contributed by atoms with Gasteiger partial charge in [-0.2, -0.15) is 0 Å². The molecule has 0 radical (unpaired) electrons. The molecule has 0 spiro atoms. The number of carbonyl (C=O) groups is 3. The quantitative estimate of drug-likeness (QED) is 0.598. The molecule has 3 amide bonds. The third kappa shape index (κ3) is 4.51. The van der Waals surface area contributed by atoms with E-state index in [9.17, 15) is 14.4 Å². The maximum Gasteiger partial charge on any atom is 0.325 e. The summed E-state index contributed by atoms with van der Waals surface area (Å²) in [5.74, 6) is -1.49. The highest BCUT2D eigenvalue weighted by Crippen LogP contribution is 2.18. The number of hydrogen-bond acceptors (Lipinski definition) is 4. The lowest BCUT2D eigenvalue weighted by Crippen LogP contribution is -2.53. The number of benzene rings is 1. The summed E-state index contributed by atoms with van der Waals surface area (Å²) >= 11 is 5.79. The third-order valence-corrected chi connectivity index (χ3v) is 3.95. The molecule has 9 heteroatoms. The lowest BCUT2D eigenvalue weighted by molar-refractivity contribution is -0.138. The van der Waals surface area contributed by atoms with Gasteiger partial charge in [-0.25, -0.2) is 4.79 Å². The molecule has 1 saturated heterocycles. The van der Waals surface area contributed by atoms with Crippen molar-refractivity contribution in [3.05, 3.63) is 29.3 Å². The van der Waals surface area contributed by atoms with Crippen LogP contribution in [0.5, 0.6) is 0 Å². The molecule has 4 N–H and O–H groups in total. The number of hydrazine groups is 1. The number of carboxylic acid groups (broad SMARTS) is 1. The van der Waals surface area contributed by atoms with Crippen molar-refractivity contribution in [3.63, 3.8) is 0 Å². The van der Waals surface area contributed by atoms with Crippen molar-refractivity contribution < 1.29 is 19.5 Å². The van der Waals surface area contributed by atoms with E-state index in [1.54, 1.807) is 24.3 Å². The molecular formula is C15H19ClN4O4. The lowest BCUT2D eigenvalue weighted by atomic mass is 10.2. The maximum absolute atomic E-state index is 12.3. The summed E-state index contributed by atoms with van der Waals surface area (Å²) in [6.45, 7) is 1.77. The molecule has 1 aliphatic heterocycles. The van der Waals surface area contributed by atoms with Gasteiger partial charge in [0.2, 0.25) is 0 Å². The molecule has 24 heavy (non-hydrogen) atoms. The fourth-order valence-corrected chi connectivity index (χ4v) is 2.49. The van der Waals surface area contributed by atoms with Gasteiger partial charge in [0.15, 0.2) is 0 Å². The number of nitrogens with one attached hydrogen (secondary N) is 3. The largest absolute Gasteiger partial charge is 0.480 e. The summed E-state index contributed by atoms with van der Waals surface area (Å²) in [5, 5.41) is 11.8. The molecule has 1 aromatic rings. The number of likely N-dealkylation sites (tertiary alicyclic amines) is 1. The number of carbonyl (C=O) groups excluding carboxylic acids is 2. The predicted molar refractivity (Wildman–Crippen MR) is 88.6 cm³/mol. The summed E-state index contributed by atoms with van der Waals surface area (Å²) in [6.07, 6.45) is 1.19. The molecule has 8 nitrogen and oxygen atoms in total. The third-order valence-electron chi connectivity index (χ3n) is 3.70. The highest BCUT2D eigenvalue weighted by Gasteiger charge is 2.35. The Kier molecular flexibility index (Phi) is 5.86. The minimum absolute atomic E-state index is 0.361. The predicted octanol–water partition coefficient (Wildman–Crippen LogP) is 1.43. The number of halogens is 1. The minimum atomic E-state index is -1.13. The Balaban J connectivity index is 1.91. The van der Waals surface area contributed by atoms with Crippen molar-refractivity contribution in [2.45, 2.75) is 31.8 Å². The molecule has 1 aliphatic rings. The highest BCUT2D eigenvalue weighted by atomic mass is 35.5. The molecule has 0 aromatic heterocycles. The van der Waals surface area contributed by atoms with Crippen molar-refractivity contribution in [3.8, 4) is 0 Å². The van der Waals surface area contributed by atoms with E-state index in [0.29, 0.717) is 30.1 Å². The van der Waals surface area contributed by atoms with Gasteiger partial charge >= 0.3 is 12.0 Å². The number of aliphatic carboxylic acids is 1. The fraction of sp³-hybridized carbons (Fsp3) is 0.400. The first-order valence-corrected chi connectivity index (χ1v) is 7.87. The van der Waals surface area contributed by atoms with E-state index in [4.69, 9.17) is 16.7 Å². The number of hydrogen-bond donors (Lipinski definition) is 4. The Labute approximate surface area is 144 Å². The first kappa shape index (κ1) is 17.9. The number of rotatable bonds is 5. The van der Waals surface area contributed by atoms with Crippen LogP contribution in [0.2, 0.25) is 5.02 Å². The van der Waals surface area contributed by atoms with E-state index in [1.807, 2.05) is 0 Å². The molecule has 0 saturated carbocycles. The van der Waals surface area contributed by atoms with Crippen LogP contribution in [-0.4, -0.2) is 46.5 Å². The SMILES string of the molecule is CC(NC(=O)N1CCCC1C(=O)NNc1ccc(Cl)cc1)C(=O)O. The van der Waals surface area contributed by atoms with Crippen molar-refractivity contribution in [1.29, 1.82) is 0 Å². The molecule has 2 atom stereocenters. The molecule has 0 bridgehead atoms.